The molecule has 10 heteroatoms. The van der Waals surface area contributed by atoms with Crippen molar-refractivity contribution < 1.29 is 35.9 Å². The van der Waals surface area contributed by atoms with Crippen LogP contribution in [0.25, 0.3) is 0 Å². The SMILES string of the molecule is CCCCCCOc1ccc(PC(=O)c2c(C(F)(F)F)cccc2C(F)(F)F)c(C)c1.[LiH]. The molecule has 0 saturated heterocycles. The average Bonchev–Trinajstić information content (AvgIpc) is 2.67. The molecule has 0 spiro atoms. The van der Waals surface area contributed by atoms with Gasteiger partial charge in [-0.25, -0.2) is 0 Å². The number of alkyl halides is 6. The van der Waals surface area contributed by atoms with Gasteiger partial charge in [0.2, 0.25) is 0 Å². The molecule has 0 aliphatic rings. The second kappa shape index (κ2) is 12.1. The van der Waals surface area contributed by atoms with Crippen molar-refractivity contribution in [2.75, 3.05) is 6.61 Å². The van der Waals surface area contributed by atoms with Crippen LogP contribution in [0.1, 0.15) is 59.7 Å². The van der Waals surface area contributed by atoms with Crippen LogP contribution < -0.4 is 10.0 Å². The van der Waals surface area contributed by atoms with Crippen molar-refractivity contribution in [1.82, 2.24) is 0 Å². The maximum absolute atomic E-state index is 13.3. The fraction of sp³-hybridized carbons (Fsp3) is 0.409. The molecule has 0 aromatic heterocycles. The van der Waals surface area contributed by atoms with E-state index in [1.807, 2.05) is 0 Å². The summed E-state index contributed by atoms with van der Waals surface area (Å²) >= 11 is 0. The standard InChI is InChI=1S/C22H23F6O2P.Li.H/c1-3-4-5-6-12-30-15-10-11-18(14(2)13-15)31-20(29)19-16(21(23,24)25)8-7-9-17(19)22(26,27)28;;/h7-11,13,31H,3-6,12H2,1-2H3;;. The van der Waals surface area contributed by atoms with Gasteiger partial charge < -0.3 is 4.74 Å². The van der Waals surface area contributed by atoms with E-state index in [1.54, 1.807) is 19.1 Å². The molecule has 0 saturated carbocycles. The summed E-state index contributed by atoms with van der Waals surface area (Å²) in [5.74, 6) is 0.543. The summed E-state index contributed by atoms with van der Waals surface area (Å²) in [6, 6.07) is 6.36. The number of hydrogen-bond donors (Lipinski definition) is 0. The Labute approximate surface area is 197 Å². The van der Waals surface area contributed by atoms with Gasteiger partial charge in [-0.05, 0) is 57.1 Å². The van der Waals surface area contributed by atoms with Gasteiger partial charge in [-0.1, -0.05) is 38.3 Å². The van der Waals surface area contributed by atoms with Crippen molar-refractivity contribution in [3.05, 3.63) is 58.7 Å². The number of aryl methyl sites for hydroxylation is 1. The summed E-state index contributed by atoms with van der Waals surface area (Å²) in [6.07, 6.45) is -6.06. The predicted octanol–water partition coefficient (Wildman–Crippen LogP) is 6.49. The molecule has 2 nitrogen and oxygen atoms in total. The summed E-state index contributed by atoms with van der Waals surface area (Å²) in [4.78, 5) is 12.6. The third-order valence-corrected chi connectivity index (χ3v) is 5.92. The Kier molecular flexibility index (Phi) is 10.8. The fourth-order valence-electron chi connectivity index (χ4n) is 3.04. The normalized spacial score (nSPS) is 12.1. The maximum atomic E-state index is 13.3. The van der Waals surface area contributed by atoms with Gasteiger partial charge in [0.25, 0.3) is 0 Å². The van der Waals surface area contributed by atoms with Gasteiger partial charge in [-0.3, -0.25) is 4.79 Å². The first-order chi connectivity index (χ1) is 14.4. The minimum absolute atomic E-state index is 0. The van der Waals surface area contributed by atoms with Gasteiger partial charge in [0.05, 0.1) is 17.7 Å². The van der Waals surface area contributed by atoms with Crippen molar-refractivity contribution in [3.63, 3.8) is 0 Å². The Morgan fingerprint density at radius 2 is 1.53 bits per heavy atom. The molecule has 0 bridgehead atoms. The van der Waals surface area contributed by atoms with E-state index in [4.69, 9.17) is 4.74 Å². The number of carbonyl (C=O) groups excluding carboxylic acids is 1. The fourth-order valence-corrected chi connectivity index (χ4v) is 4.11. The van der Waals surface area contributed by atoms with Crippen molar-refractivity contribution in [2.24, 2.45) is 0 Å². The summed E-state index contributed by atoms with van der Waals surface area (Å²) in [5.41, 5.74) is -5.14. The third-order valence-electron chi connectivity index (χ3n) is 4.62. The van der Waals surface area contributed by atoms with Gasteiger partial charge in [0, 0.05) is 5.56 Å². The van der Waals surface area contributed by atoms with Crippen LogP contribution in [0.4, 0.5) is 26.3 Å². The van der Waals surface area contributed by atoms with Crippen molar-refractivity contribution in [2.45, 2.75) is 51.9 Å². The number of unbranched alkanes of at least 4 members (excludes halogenated alkanes) is 3. The first-order valence-corrected chi connectivity index (χ1v) is 10.8. The van der Waals surface area contributed by atoms with Crippen LogP contribution >= 0.6 is 8.58 Å². The van der Waals surface area contributed by atoms with Crippen LogP contribution in [0, 0.1) is 6.92 Å². The van der Waals surface area contributed by atoms with E-state index in [-0.39, 0.29) is 18.9 Å². The van der Waals surface area contributed by atoms with E-state index in [0.29, 0.717) is 41.4 Å². The van der Waals surface area contributed by atoms with E-state index in [2.05, 4.69) is 6.92 Å². The average molecular weight is 472 g/mol. The van der Waals surface area contributed by atoms with E-state index >= 15 is 0 Å². The van der Waals surface area contributed by atoms with Gasteiger partial charge in [-0.2, -0.15) is 26.3 Å². The van der Waals surface area contributed by atoms with Gasteiger partial charge in [0.15, 0.2) is 5.52 Å². The Hall–Kier alpha value is -1.48. The minimum atomic E-state index is -5.08. The quantitative estimate of drug-likeness (QED) is 0.181. The summed E-state index contributed by atoms with van der Waals surface area (Å²) < 4.78 is 85.5. The second-order valence-corrected chi connectivity index (χ2v) is 8.31. The molecule has 2 aromatic carbocycles. The van der Waals surface area contributed by atoms with Gasteiger partial charge >= 0.3 is 31.2 Å². The number of carbonyl (C=O) groups is 1. The predicted molar refractivity (Wildman–Crippen MR) is 117 cm³/mol. The van der Waals surface area contributed by atoms with E-state index in [0.717, 1.165) is 25.7 Å². The molecule has 32 heavy (non-hydrogen) atoms. The first kappa shape index (κ1) is 28.6. The molecular formula is C22H24F6LiO2P. The molecule has 0 amide bonds. The Bertz CT molecular complexity index is 880. The zero-order valence-corrected chi connectivity index (χ0v) is 18.1. The molecule has 0 N–H and O–H groups in total. The molecule has 172 valence electrons. The first-order valence-electron chi connectivity index (χ1n) is 9.77. The molecule has 1 atom stereocenters. The summed E-state index contributed by atoms with van der Waals surface area (Å²) in [6.45, 7) is 4.24. The van der Waals surface area contributed by atoms with E-state index in [9.17, 15) is 31.1 Å². The molecule has 2 aromatic rings. The molecule has 0 radical (unpaired) electrons. The van der Waals surface area contributed by atoms with Crippen molar-refractivity contribution in [3.8, 4) is 5.75 Å². The van der Waals surface area contributed by atoms with E-state index in [1.165, 1.54) is 6.07 Å². The van der Waals surface area contributed by atoms with E-state index < -0.39 is 43.1 Å². The molecule has 0 heterocycles. The zero-order chi connectivity index (χ0) is 23.2. The number of benzene rings is 2. The Morgan fingerprint density at radius 3 is 2.03 bits per heavy atom. The van der Waals surface area contributed by atoms with Gasteiger partial charge in [0.1, 0.15) is 5.75 Å². The molecule has 0 fully saturated rings. The van der Waals surface area contributed by atoms with Crippen LogP contribution in [-0.4, -0.2) is 31.0 Å². The Balaban J connectivity index is 0.00000512. The van der Waals surface area contributed by atoms with Crippen molar-refractivity contribution in [1.29, 1.82) is 0 Å². The zero-order valence-electron chi connectivity index (χ0n) is 17.1. The van der Waals surface area contributed by atoms with Crippen molar-refractivity contribution >= 4 is 38.3 Å². The van der Waals surface area contributed by atoms with Crippen LogP contribution in [0.15, 0.2) is 36.4 Å². The topological polar surface area (TPSA) is 26.3 Å². The number of rotatable bonds is 9. The Morgan fingerprint density at radius 1 is 0.938 bits per heavy atom. The van der Waals surface area contributed by atoms with Crippen LogP contribution in [0.3, 0.4) is 0 Å². The number of halogens is 6. The number of ether oxygens (including phenoxy) is 1. The molecule has 2 rings (SSSR count). The number of hydrogen-bond acceptors (Lipinski definition) is 2. The van der Waals surface area contributed by atoms with Gasteiger partial charge in [-0.15, -0.1) is 0 Å². The molecule has 0 aliphatic heterocycles. The summed E-state index contributed by atoms with van der Waals surface area (Å²) in [5, 5.41) is 0.369. The molecule has 0 aliphatic carbocycles. The van der Waals surface area contributed by atoms with Crippen LogP contribution in [-0.2, 0) is 12.4 Å². The molecule has 1 unspecified atom stereocenters. The second-order valence-electron chi connectivity index (χ2n) is 7.06. The van der Waals surface area contributed by atoms with Crippen LogP contribution in [0.5, 0.6) is 5.75 Å². The molecular weight excluding hydrogens is 448 g/mol. The summed E-state index contributed by atoms with van der Waals surface area (Å²) in [7, 11) is -0.890. The van der Waals surface area contributed by atoms with Crippen LogP contribution in [0.2, 0.25) is 0 Å². The third kappa shape index (κ3) is 7.83. The monoisotopic (exact) mass is 472 g/mol.